The Morgan fingerprint density at radius 2 is 1.89 bits per heavy atom. The maximum atomic E-state index is 14.7. The molecule has 1 fully saturated rings. The van der Waals surface area contributed by atoms with Crippen LogP contribution in [0.5, 0.6) is 0 Å². The number of β-amino-alcohol motifs (C(OH)–C–C–N with tert-alkyl or cyclic N) is 1. The number of rotatable bonds is 7. The van der Waals surface area contributed by atoms with E-state index in [9.17, 15) is 23.5 Å². The van der Waals surface area contributed by atoms with Gasteiger partial charge in [-0.15, -0.1) is 0 Å². The van der Waals surface area contributed by atoms with Gasteiger partial charge in [-0.2, -0.15) is 0 Å². The normalized spacial score (nSPS) is 17.2. The van der Waals surface area contributed by atoms with Crippen molar-refractivity contribution in [2.24, 2.45) is 0 Å². The van der Waals surface area contributed by atoms with Gasteiger partial charge in [0.15, 0.2) is 11.6 Å². The predicted octanol–water partition coefficient (Wildman–Crippen LogP) is 3.95. The van der Waals surface area contributed by atoms with Crippen molar-refractivity contribution in [3.05, 3.63) is 76.6 Å². The minimum Gasteiger partial charge on any atom is -0.390 e. The van der Waals surface area contributed by atoms with Crippen LogP contribution >= 0.6 is 0 Å². The molecule has 0 radical (unpaired) electrons. The molecule has 0 spiro atoms. The van der Waals surface area contributed by atoms with Gasteiger partial charge in [-0.3, -0.25) is 9.59 Å². The summed E-state index contributed by atoms with van der Waals surface area (Å²) >= 11 is 0. The van der Waals surface area contributed by atoms with Crippen molar-refractivity contribution in [2.45, 2.75) is 25.9 Å². The van der Waals surface area contributed by atoms with Gasteiger partial charge in [0.25, 0.3) is 11.8 Å². The van der Waals surface area contributed by atoms with Crippen LogP contribution < -0.4 is 10.6 Å². The molecular formula is C28H28F2N4O3. The molecule has 2 amide bonds. The largest absolute Gasteiger partial charge is 0.390 e. The summed E-state index contributed by atoms with van der Waals surface area (Å²) in [7, 11) is 0. The van der Waals surface area contributed by atoms with Gasteiger partial charge in [-0.25, -0.2) is 8.78 Å². The second-order valence-electron chi connectivity index (χ2n) is 9.49. The highest BCUT2D eigenvalue weighted by atomic mass is 19.2. The number of hydrogen-bond acceptors (Lipinski definition) is 4. The number of nitrogens with zero attached hydrogens (tertiary/aromatic N) is 1. The molecule has 192 valence electrons. The first kappa shape index (κ1) is 24.9. The summed E-state index contributed by atoms with van der Waals surface area (Å²) in [5.41, 5.74) is 2.93. The van der Waals surface area contributed by atoms with E-state index in [1.807, 2.05) is 0 Å². The predicted molar refractivity (Wildman–Crippen MR) is 138 cm³/mol. The highest BCUT2D eigenvalue weighted by molar-refractivity contribution is 6.36. The maximum absolute atomic E-state index is 14.7. The third-order valence-corrected chi connectivity index (χ3v) is 6.75. The number of nitrogens with one attached hydrogen (secondary N) is 3. The van der Waals surface area contributed by atoms with E-state index < -0.39 is 23.6 Å². The molecule has 4 N–H and O–H groups in total. The molecule has 9 heteroatoms. The number of aromatic amines is 1. The number of likely N-dealkylation sites (tertiary alicyclic amines) is 1. The van der Waals surface area contributed by atoms with E-state index in [1.165, 1.54) is 12.1 Å². The molecular weight excluding hydrogens is 478 g/mol. The smallest absolute Gasteiger partial charge is 0.256 e. The molecule has 0 aliphatic carbocycles. The number of fused-ring (bicyclic) bond motifs is 1. The number of H-pyrrole nitrogens is 1. The second-order valence-corrected chi connectivity index (χ2v) is 9.49. The third-order valence-electron chi connectivity index (χ3n) is 6.75. The van der Waals surface area contributed by atoms with Crippen LogP contribution in [0.3, 0.4) is 0 Å². The standard InChI is InChI=1S/C28H28F2N4O3/c1-16-12-20(27(36)31-14-17(35)15-34-10-2-3-11-34)24(32-16)13-21-25-18(6-5-9-23(25)33-28(21)37)19-7-4-8-22(29)26(19)30/h4-9,12-13,17,32,35H,2-3,10-11,14-15H2,1H3,(H,31,36)(H,33,37). The van der Waals surface area contributed by atoms with Gasteiger partial charge in [0.05, 0.1) is 22.9 Å². The zero-order valence-electron chi connectivity index (χ0n) is 20.4. The fourth-order valence-corrected chi connectivity index (χ4v) is 5.01. The molecule has 1 saturated heterocycles. The Balaban J connectivity index is 1.44. The second kappa shape index (κ2) is 10.3. The SMILES string of the molecule is Cc1cc(C(=O)NCC(O)CN2CCCC2)c(C=C2C(=O)Nc3cccc(-c4cccc(F)c4F)c32)[nH]1. The van der Waals surface area contributed by atoms with E-state index in [2.05, 4.69) is 20.5 Å². The van der Waals surface area contributed by atoms with Gasteiger partial charge in [0.1, 0.15) is 0 Å². The fraction of sp³-hybridized carbons (Fsp3) is 0.286. The number of carbonyl (C=O) groups is 2. The van der Waals surface area contributed by atoms with Crippen LogP contribution in [0.1, 0.15) is 40.2 Å². The van der Waals surface area contributed by atoms with E-state index in [-0.39, 0.29) is 23.6 Å². The number of amides is 2. The van der Waals surface area contributed by atoms with Gasteiger partial charge in [-0.1, -0.05) is 24.3 Å². The highest BCUT2D eigenvalue weighted by Gasteiger charge is 2.29. The Hall–Kier alpha value is -3.82. The van der Waals surface area contributed by atoms with Crippen molar-refractivity contribution < 1.29 is 23.5 Å². The summed E-state index contributed by atoms with van der Waals surface area (Å²) < 4.78 is 28.7. The van der Waals surface area contributed by atoms with Gasteiger partial charge in [-0.05, 0) is 62.7 Å². The number of aryl methyl sites for hydroxylation is 1. The van der Waals surface area contributed by atoms with Crippen molar-refractivity contribution >= 4 is 29.2 Å². The molecule has 2 aliphatic heterocycles. The minimum absolute atomic E-state index is 0.0341. The number of aliphatic hydroxyl groups is 1. The summed E-state index contributed by atoms with van der Waals surface area (Å²) in [5, 5.41) is 15.9. The van der Waals surface area contributed by atoms with Gasteiger partial charge in [0.2, 0.25) is 0 Å². The van der Waals surface area contributed by atoms with E-state index in [4.69, 9.17) is 0 Å². The van der Waals surface area contributed by atoms with E-state index >= 15 is 0 Å². The molecule has 2 aliphatic rings. The molecule has 37 heavy (non-hydrogen) atoms. The van der Waals surface area contributed by atoms with E-state index in [0.717, 1.165) is 32.0 Å². The number of aliphatic hydroxyl groups excluding tert-OH is 1. The highest BCUT2D eigenvalue weighted by Crippen LogP contribution is 2.41. The molecule has 0 bridgehead atoms. The van der Waals surface area contributed by atoms with E-state index in [1.54, 1.807) is 37.3 Å². The van der Waals surface area contributed by atoms with Crippen LogP contribution in [0.2, 0.25) is 0 Å². The first-order valence-corrected chi connectivity index (χ1v) is 12.3. The van der Waals surface area contributed by atoms with Gasteiger partial charge in [0, 0.05) is 35.6 Å². The van der Waals surface area contributed by atoms with Crippen molar-refractivity contribution in [1.29, 1.82) is 0 Å². The maximum Gasteiger partial charge on any atom is 0.256 e. The monoisotopic (exact) mass is 506 g/mol. The topological polar surface area (TPSA) is 97.5 Å². The number of aromatic nitrogens is 1. The Morgan fingerprint density at radius 3 is 2.68 bits per heavy atom. The van der Waals surface area contributed by atoms with Crippen molar-refractivity contribution in [3.63, 3.8) is 0 Å². The number of hydrogen-bond donors (Lipinski definition) is 4. The molecule has 5 rings (SSSR count). The lowest BCUT2D eigenvalue weighted by atomic mass is 9.93. The third kappa shape index (κ3) is 5.05. The molecule has 1 unspecified atom stereocenters. The van der Waals surface area contributed by atoms with Crippen LogP contribution in [0.25, 0.3) is 22.8 Å². The average molecular weight is 507 g/mol. The molecule has 3 aromatic rings. The average Bonchev–Trinajstić information content (AvgIpc) is 3.59. The molecule has 1 aromatic heterocycles. The summed E-state index contributed by atoms with van der Waals surface area (Å²) in [6.07, 6.45) is 3.08. The molecule has 3 heterocycles. The number of carbonyl (C=O) groups excluding carboxylic acids is 2. The van der Waals surface area contributed by atoms with Crippen LogP contribution in [-0.2, 0) is 4.79 Å². The molecule has 1 atom stereocenters. The number of halogens is 2. The Bertz CT molecular complexity index is 1390. The molecule has 7 nitrogen and oxygen atoms in total. The molecule has 0 saturated carbocycles. The zero-order valence-corrected chi connectivity index (χ0v) is 20.4. The first-order valence-electron chi connectivity index (χ1n) is 12.3. The lowest BCUT2D eigenvalue weighted by Crippen LogP contribution is -2.39. The Labute approximate surface area is 213 Å². The van der Waals surface area contributed by atoms with Crippen molar-refractivity contribution in [2.75, 3.05) is 31.5 Å². The Kier molecular flexibility index (Phi) is 6.90. The summed E-state index contributed by atoms with van der Waals surface area (Å²) in [6.45, 7) is 4.29. The van der Waals surface area contributed by atoms with Crippen LogP contribution in [-0.4, -0.2) is 59.1 Å². The zero-order chi connectivity index (χ0) is 26.1. The quantitative estimate of drug-likeness (QED) is 0.365. The van der Waals surface area contributed by atoms with Gasteiger partial charge >= 0.3 is 0 Å². The lowest BCUT2D eigenvalue weighted by molar-refractivity contribution is -0.110. The fourth-order valence-electron chi connectivity index (χ4n) is 5.01. The number of benzene rings is 2. The van der Waals surface area contributed by atoms with Gasteiger partial charge < -0.3 is 25.6 Å². The van der Waals surface area contributed by atoms with E-state index in [0.29, 0.717) is 40.3 Å². The lowest BCUT2D eigenvalue weighted by Gasteiger charge is -2.19. The summed E-state index contributed by atoms with van der Waals surface area (Å²) in [6, 6.07) is 10.5. The Morgan fingerprint density at radius 1 is 1.16 bits per heavy atom. The van der Waals surface area contributed by atoms with Crippen LogP contribution in [0.15, 0.2) is 42.5 Å². The number of anilines is 1. The van der Waals surface area contributed by atoms with Crippen LogP contribution in [0.4, 0.5) is 14.5 Å². The minimum atomic E-state index is -1.00. The molecule has 2 aromatic carbocycles. The summed E-state index contributed by atoms with van der Waals surface area (Å²) in [4.78, 5) is 31.2. The van der Waals surface area contributed by atoms with Crippen molar-refractivity contribution in [1.82, 2.24) is 15.2 Å². The van der Waals surface area contributed by atoms with Crippen LogP contribution in [0, 0.1) is 18.6 Å². The first-order chi connectivity index (χ1) is 17.8. The van der Waals surface area contributed by atoms with Crippen molar-refractivity contribution in [3.8, 4) is 11.1 Å². The summed E-state index contributed by atoms with van der Waals surface area (Å²) in [5.74, 6) is -2.79.